The van der Waals surface area contributed by atoms with Crippen molar-refractivity contribution in [3.63, 3.8) is 0 Å². The molecule has 0 rings (SSSR count). The standard InChI is InChI=1S/C9H13NO3/c1-6(11)4-5-9(13)7(2)10-8(3)12/h2,4-5H2,1,3H3,(H,10,12). The summed E-state index contributed by atoms with van der Waals surface area (Å²) in [6.07, 6.45) is 0.298. The van der Waals surface area contributed by atoms with E-state index < -0.39 is 0 Å². The molecule has 0 spiro atoms. The van der Waals surface area contributed by atoms with E-state index in [2.05, 4.69) is 11.9 Å². The van der Waals surface area contributed by atoms with Crippen LogP contribution in [0.2, 0.25) is 0 Å². The van der Waals surface area contributed by atoms with E-state index in [1.165, 1.54) is 13.8 Å². The SMILES string of the molecule is C=C(NC(C)=O)C(=O)CCC(C)=O. The first kappa shape index (κ1) is 11.6. The first-order chi connectivity index (χ1) is 5.93. The highest BCUT2D eigenvalue weighted by Gasteiger charge is 2.08. The Morgan fingerprint density at radius 1 is 1.15 bits per heavy atom. The van der Waals surface area contributed by atoms with Gasteiger partial charge in [0, 0.05) is 19.8 Å². The second-order valence-electron chi connectivity index (χ2n) is 2.78. The predicted molar refractivity (Wildman–Crippen MR) is 47.9 cm³/mol. The Morgan fingerprint density at radius 3 is 2.08 bits per heavy atom. The molecule has 0 aliphatic rings. The molecule has 0 fully saturated rings. The minimum atomic E-state index is -0.332. The first-order valence-corrected chi connectivity index (χ1v) is 3.92. The van der Waals surface area contributed by atoms with E-state index in [-0.39, 0.29) is 36.0 Å². The van der Waals surface area contributed by atoms with Gasteiger partial charge in [-0.1, -0.05) is 6.58 Å². The van der Waals surface area contributed by atoms with Crippen molar-refractivity contribution in [2.75, 3.05) is 0 Å². The number of carbonyl (C=O) groups excluding carboxylic acids is 3. The Kier molecular flexibility index (Phi) is 4.66. The number of carbonyl (C=O) groups is 3. The van der Waals surface area contributed by atoms with Gasteiger partial charge in [0.2, 0.25) is 5.91 Å². The largest absolute Gasteiger partial charge is 0.324 e. The highest BCUT2D eigenvalue weighted by atomic mass is 16.2. The van der Waals surface area contributed by atoms with E-state index in [0.717, 1.165) is 0 Å². The number of hydrogen-bond donors (Lipinski definition) is 1. The van der Waals surface area contributed by atoms with Gasteiger partial charge in [-0.15, -0.1) is 0 Å². The van der Waals surface area contributed by atoms with Gasteiger partial charge in [0.25, 0.3) is 0 Å². The van der Waals surface area contributed by atoms with Crippen LogP contribution in [0.3, 0.4) is 0 Å². The Bertz CT molecular complexity index is 256. The molecule has 0 saturated carbocycles. The summed E-state index contributed by atoms with van der Waals surface area (Å²) in [5, 5.41) is 2.27. The summed E-state index contributed by atoms with van der Waals surface area (Å²) in [6, 6.07) is 0. The van der Waals surface area contributed by atoms with Crippen LogP contribution in [0.5, 0.6) is 0 Å². The summed E-state index contributed by atoms with van der Waals surface area (Å²) in [4.78, 5) is 32.1. The lowest BCUT2D eigenvalue weighted by Gasteiger charge is -2.03. The molecule has 0 saturated heterocycles. The van der Waals surface area contributed by atoms with Gasteiger partial charge in [0.15, 0.2) is 5.78 Å². The van der Waals surface area contributed by atoms with Crippen LogP contribution in [-0.2, 0) is 14.4 Å². The van der Waals surface area contributed by atoms with Crippen LogP contribution in [0.4, 0.5) is 0 Å². The van der Waals surface area contributed by atoms with E-state index >= 15 is 0 Å². The number of ketones is 2. The van der Waals surface area contributed by atoms with E-state index in [9.17, 15) is 14.4 Å². The third-order valence-corrected chi connectivity index (χ3v) is 1.37. The van der Waals surface area contributed by atoms with E-state index in [0.29, 0.717) is 0 Å². The molecule has 4 nitrogen and oxygen atoms in total. The normalized spacial score (nSPS) is 9.08. The zero-order valence-electron chi connectivity index (χ0n) is 7.85. The number of amides is 1. The van der Waals surface area contributed by atoms with Crippen molar-refractivity contribution in [3.05, 3.63) is 12.3 Å². The summed E-state index contributed by atoms with van der Waals surface area (Å²) in [5.41, 5.74) is 0.0498. The lowest BCUT2D eigenvalue weighted by molar-refractivity contribution is -0.123. The van der Waals surface area contributed by atoms with Gasteiger partial charge in [-0.25, -0.2) is 0 Å². The zero-order valence-corrected chi connectivity index (χ0v) is 7.85. The molecule has 4 heteroatoms. The molecule has 0 aromatic rings. The van der Waals surface area contributed by atoms with Gasteiger partial charge in [-0.2, -0.15) is 0 Å². The molecule has 0 atom stereocenters. The topological polar surface area (TPSA) is 63.2 Å². The second-order valence-corrected chi connectivity index (χ2v) is 2.78. The fraction of sp³-hybridized carbons (Fsp3) is 0.444. The molecule has 0 aliphatic heterocycles. The minimum absolute atomic E-state index is 0.0498. The van der Waals surface area contributed by atoms with Crippen molar-refractivity contribution in [1.29, 1.82) is 0 Å². The van der Waals surface area contributed by atoms with Crippen molar-refractivity contribution in [2.45, 2.75) is 26.7 Å². The zero-order chi connectivity index (χ0) is 10.4. The fourth-order valence-electron chi connectivity index (χ4n) is 0.723. The summed E-state index contributed by atoms with van der Waals surface area (Å²) in [6.45, 7) is 6.09. The molecule has 0 aliphatic carbocycles. The molecule has 1 N–H and O–H groups in total. The maximum absolute atomic E-state index is 11.1. The lowest BCUT2D eigenvalue weighted by atomic mass is 10.1. The molecule has 0 aromatic heterocycles. The Balaban J connectivity index is 3.90. The van der Waals surface area contributed by atoms with Crippen molar-refractivity contribution in [1.82, 2.24) is 5.32 Å². The Morgan fingerprint density at radius 2 is 1.69 bits per heavy atom. The molecule has 72 valence electrons. The monoisotopic (exact) mass is 183 g/mol. The van der Waals surface area contributed by atoms with Crippen LogP contribution in [0.1, 0.15) is 26.7 Å². The second kappa shape index (κ2) is 5.24. The third kappa shape index (κ3) is 5.78. The molecule has 0 unspecified atom stereocenters. The molecular formula is C9H13NO3. The number of Topliss-reactive ketones (excluding diaryl/α,β-unsaturated/α-hetero) is 2. The van der Waals surface area contributed by atoms with Crippen molar-refractivity contribution in [3.8, 4) is 0 Å². The predicted octanol–water partition coefficient (Wildman–Crippen LogP) is 0.575. The van der Waals surface area contributed by atoms with Crippen LogP contribution in [0, 0.1) is 0 Å². The summed E-state index contributed by atoms with van der Waals surface area (Å²) < 4.78 is 0. The van der Waals surface area contributed by atoms with Crippen LogP contribution in [-0.4, -0.2) is 17.5 Å². The molecule has 0 aromatic carbocycles. The van der Waals surface area contributed by atoms with Gasteiger partial charge in [0.05, 0.1) is 5.70 Å². The average Bonchev–Trinajstić information content (AvgIpc) is 1.98. The van der Waals surface area contributed by atoms with Crippen LogP contribution in [0.25, 0.3) is 0 Å². The molecule has 13 heavy (non-hydrogen) atoms. The van der Waals surface area contributed by atoms with Gasteiger partial charge >= 0.3 is 0 Å². The smallest absolute Gasteiger partial charge is 0.221 e. The maximum Gasteiger partial charge on any atom is 0.221 e. The van der Waals surface area contributed by atoms with Gasteiger partial charge in [-0.3, -0.25) is 9.59 Å². The Labute approximate surface area is 77.0 Å². The summed E-state index contributed by atoms with van der Waals surface area (Å²) in [7, 11) is 0. The Hall–Kier alpha value is -1.45. The number of allylic oxidation sites excluding steroid dienone is 1. The quantitative estimate of drug-likeness (QED) is 0.634. The molecule has 0 bridgehead atoms. The number of rotatable bonds is 5. The molecule has 1 amide bonds. The molecular weight excluding hydrogens is 170 g/mol. The lowest BCUT2D eigenvalue weighted by Crippen LogP contribution is -2.24. The van der Waals surface area contributed by atoms with Gasteiger partial charge < -0.3 is 10.1 Å². The summed E-state index contributed by atoms with van der Waals surface area (Å²) in [5.74, 6) is -0.685. The van der Waals surface area contributed by atoms with Crippen molar-refractivity contribution >= 4 is 17.5 Å². The fourth-order valence-corrected chi connectivity index (χ4v) is 0.723. The van der Waals surface area contributed by atoms with Crippen LogP contribution >= 0.6 is 0 Å². The van der Waals surface area contributed by atoms with E-state index in [1.807, 2.05) is 0 Å². The maximum atomic E-state index is 11.1. The van der Waals surface area contributed by atoms with Crippen LogP contribution < -0.4 is 5.32 Å². The third-order valence-electron chi connectivity index (χ3n) is 1.37. The van der Waals surface area contributed by atoms with Crippen molar-refractivity contribution in [2.24, 2.45) is 0 Å². The van der Waals surface area contributed by atoms with Crippen LogP contribution in [0.15, 0.2) is 12.3 Å². The summed E-state index contributed by atoms with van der Waals surface area (Å²) >= 11 is 0. The molecule has 0 radical (unpaired) electrons. The van der Waals surface area contributed by atoms with E-state index in [4.69, 9.17) is 0 Å². The number of nitrogens with one attached hydrogen (secondary N) is 1. The highest BCUT2D eigenvalue weighted by Crippen LogP contribution is 1.98. The number of hydrogen-bond acceptors (Lipinski definition) is 3. The molecule has 0 heterocycles. The highest BCUT2D eigenvalue weighted by molar-refractivity contribution is 5.99. The van der Waals surface area contributed by atoms with Crippen molar-refractivity contribution < 1.29 is 14.4 Å². The van der Waals surface area contributed by atoms with Gasteiger partial charge in [-0.05, 0) is 6.92 Å². The average molecular weight is 183 g/mol. The minimum Gasteiger partial charge on any atom is -0.324 e. The first-order valence-electron chi connectivity index (χ1n) is 3.92. The van der Waals surface area contributed by atoms with Gasteiger partial charge in [0.1, 0.15) is 5.78 Å². The van der Waals surface area contributed by atoms with E-state index in [1.54, 1.807) is 0 Å².